The van der Waals surface area contributed by atoms with E-state index in [9.17, 15) is 4.79 Å². The number of nitrogens with one attached hydrogen (secondary N) is 2. The first kappa shape index (κ1) is 15.2. The molecule has 0 spiro atoms. The zero-order chi connectivity index (χ0) is 15.9. The van der Waals surface area contributed by atoms with Crippen molar-refractivity contribution in [1.82, 2.24) is 25.5 Å². The van der Waals surface area contributed by atoms with Gasteiger partial charge in [-0.3, -0.25) is 4.79 Å². The van der Waals surface area contributed by atoms with Gasteiger partial charge in [-0.2, -0.15) is 10.5 Å². The summed E-state index contributed by atoms with van der Waals surface area (Å²) in [7, 11) is 3.42. The lowest BCUT2D eigenvalue weighted by molar-refractivity contribution is -0.127. The summed E-state index contributed by atoms with van der Waals surface area (Å²) >= 11 is 0. The molecule has 2 aromatic rings. The number of nitrogens with zero attached hydrogens (tertiary/aromatic N) is 5. The third kappa shape index (κ3) is 3.67. The highest BCUT2D eigenvalue weighted by Gasteiger charge is 2.10. The number of hydrogen-bond acceptors (Lipinski definition) is 6. The van der Waals surface area contributed by atoms with Crippen LogP contribution >= 0.6 is 0 Å². The molecule has 0 bridgehead atoms. The Hall–Kier alpha value is -3.21. The fourth-order valence-corrected chi connectivity index (χ4v) is 1.71. The van der Waals surface area contributed by atoms with E-state index in [-0.39, 0.29) is 23.7 Å². The first-order valence-corrected chi connectivity index (χ1v) is 6.50. The Bertz CT molecular complexity index is 713. The summed E-state index contributed by atoms with van der Waals surface area (Å²) in [6.45, 7) is 0. The zero-order valence-corrected chi connectivity index (χ0v) is 12.2. The summed E-state index contributed by atoms with van der Waals surface area (Å²) in [4.78, 5) is 13.4. The van der Waals surface area contributed by atoms with Crippen molar-refractivity contribution in [2.75, 3.05) is 19.4 Å². The van der Waals surface area contributed by atoms with E-state index >= 15 is 0 Å². The Morgan fingerprint density at radius 1 is 1.45 bits per heavy atom. The molecular formula is C14H15N7O. The molecule has 0 saturated heterocycles. The van der Waals surface area contributed by atoms with Gasteiger partial charge in [-0.1, -0.05) is 18.2 Å². The van der Waals surface area contributed by atoms with E-state index in [0.29, 0.717) is 0 Å². The van der Waals surface area contributed by atoms with Gasteiger partial charge in [0.15, 0.2) is 0 Å². The average molecular weight is 297 g/mol. The molecule has 1 heterocycles. The SMILES string of the molecule is CN(C)C(=O)Cc1ccccc1NC=C(C#N)c1nn[nH]n1. The lowest BCUT2D eigenvalue weighted by atomic mass is 10.1. The van der Waals surface area contributed by atoms with Gasteiger partial charge in [-0.25, -0.2) is 0 Å². The maximum Gasteiger partial charge on any atom is 0.226 e. The molecular weight excluding hydrogens is 282 g/mol. The molecule has 0 radical (unpaired) electrons. The largest absolute Gasteiger partial charge is 0.360 e. The number of benzene rings is 1. The van der Waals surface area contributed by atoms with Crippen molar-refractivity contribution in [1.29, 1.82) is 5.26 Å². The molecule has 2 rings (SSSR count). The van der Waals surface area contributed by atoms with Crippen LogP contribution in [0.25, 0.3) is 5.57 Å². The van der Waals surface area contributed by atoms with E-state index < -0.39 is 0 Å². The van der Waals surface area contributed by atoms with Gasteiger partial charge in [0.2, 0.25) is 11.7 Å². The number of allylic oxidation sites excluding steroid dienone is 1. The molecule has 0 fully saturated rings. The Labute approximate surface area is 127 Å². The predicted molar refractivity (Wildman–Crippen MR) is 80.2 cm³/mol. The average Bonchev–Trinajstić information content (AvgIpc) is 3.03. The lowest BCUT2D eigenvalue weighted by Crippen LogP contribution is -2.23. The van der Waals surface area contributed by atoms with Crippen LogP contribution in [0.5, 0.6) is 0 Å². The summed E-state index contributed by atoms with van der Waals surface area (Å²) in [5.74, 6) is 0.203. The maximum absolute atomic E-state index is 11.8. The number of carbonyl (C=O) groups excluding carboxylic acids is 1. The fraction of sp³-hybridized carbons (Fsp3) is 0.214. The molecule has 0 aliphatic heterocycles. The van der Waals surface area contributed by atoms with E-state index in [1.165, 1.54) is 11.1 Å². The number of amides is 1. The van der Waals surface area contributed by atoms with E-state index in [1.807, 2.05) is 30.3 Å². The molecule has 0 saturated carbocycles. The lowest BCUT2D eigenvalue weighted by Gasteiger charge is -2.13. The highest BCUT2D eigenvalue weighted by molar-refractivity contribution is 5.81. The molecule has 112 valence electrons. The molecule has 8 nitrogen and oxygen atoms in total. The van der Waals surface area contributed by atoms with Crippen LogP contribution in [0, 0.1) is 11.3 Å². The molecule has 0 aliphatic carbocycles. The maximum atomic E-state index is 11.8. The van der Waals surface area contributed by atoms with Crippen LogP contribution < -0.4 is 5.32 Å². The molecule has 0 unspecified atom stereocenters. The molecule has 2 N–H and O–H groups in total. The summed E-state index contributed by atoms with van der Waals surface area (Å²) in [5.41, 5.74) is 1.82. The summed E-state index contributed by atoms with van der Waals surface area (Å²) < 4.78 is 0. The second-order valence-electron chi connectivity index (χ2n) is 4.67. The number of aromatic nitrogens is 4. The van der Waals surface area contributed by atoms with Gasteiger partial charge in [-0.15, -0.1) is 10.2 Å². The molecule has 1 aromatic heterocycles. The van der Waals surface area contributed by atoms with Crippen LogP contribution in [0.3, 0.4) is 0 Å². The molecule has 0 atom stereocenters. The van der Waals surface area contributed by atoms with Gasteiger partial charge < -0.3 is 10.2 Å². The smallest absolute Gasteiger partial charge is 0.226 e. The van der Waals surface area contributed by atoms with Crippen molar-refractivity contribution in [2.24, 2.45) is 0 Å². The van der Waals surface area contributed by atoms with Gasteiger partial charge >= 0.3 is 0 Å². The van der Waals surface area contributed by atoms with E-state index in [1.54, 1.807) is 14.1 Å². The highest BCUT2D eigenvalue weighted by Crippen LogP contribution is 2.17. The normalized spacial score (nSPS) is 10.9. The van der Waals surface area contributed by atoms with E-state index in [2.05, 4.69) is 25.9 Å². The van der Waals surface area contributed by atoms with Crippen LogP contribution in [-0.4, -0.2) is 45.5 Å². The topological polar surface area (TPSA) is 111 Å². The first-order valence-electron chi connectivity index (χ1n) is 6.50. The van der Waals surface area contributed by atoms with Crippen molar-refractivity contribution in [3.05, 3.63) is 41.9 Å². The Balaban J connectivity index is 2.20. The van der Waals surface area contributed by atoms with Gasteiger partial charge in [0.1, 0.15) is 11.6 Å². The van der Waals surface area contributed by atoms with Crippen LogP contribution in [0.4, 0.5) is 5.69 Å². The number of aromatic amines is 1. The van der Waals surface area contributed by atoms with Crippen molar-refractivity contribution in [2.45, 2.75) is 6.42 Å². The van der Waals surface area contributed by atoms with Crippen molar-refractivity contribution in [3.8, 4) is 6.07 Å². The number of H-pyrrole nitrogens is 1. The Kier molecular flexibility index (Phi) is 4.82. The number of hydrogen-bond donors (Lipinski definition) is 2. The van der Waals surface area contributed by atoms with Gasteiger partial charge in [0.25, 0.3) is 0 Å². The quantitative estimate of drug-likeness (QED) is 0.790. The standard InChI is InChI=1S/C14H15N7O/c1-21(2)13(22)7-10-5-3-4-6-12(10)16-9-11(8-15)14-17-19-20-18-14/h3-6,9,16H,7H2,1-2H3,(H,17,18,19,20). The van der Waals surface area contributed by atoms with Crippen molar-refractivity contribution >= 4 is 17.2 Å². The number of rotatable bonds is 5. The van der Waals surface area contributed by atoms with Crippen molar-refractivity contribution in [3.63, 3.8) is 0 Å². The molecule has 22 heavy (non-hydrogen) atoms. The monoisotopic (exact) mass is 297 g/mol. The summed E-state index contributed by atoms with van der Waals surface area (Å²) in [6.07, 6.45) is 1.76. The fourth-order valence-electron chi connectivity index (χ4n) is 1.71. The molecule has 1 aromatic carbocycles. The van der Waals surface area contributed by atoms with Crippen LogP contribution in [0.15, 0.2) is 30.5 Å². The second kappa shape index (κ2) is 6.99. The van der Waals surface area contributed by atoms with Gasteiger partial charge in [0, 0.05) is 26.0 Å². The van der Waals surface area contributed by atoms with Crippen LogP contribution in [0.1, 0.15) is 11.4 Å². The van der Waals surface area contributed by atoms with Gasteiger partial charge in [0.05, 0.1) is 6.42 Å². The minimum absolute atomic E-state index is 0.00287. The molecule has 1 amide bonds. The number of carbonyl (C=O) groups is 1. The van der Waals surface area contributed by atoms with Gasteiger partial charge in [-0.05, 0) is 16.8 Å². The minimum atomic E-state index is -0.00287. The third-order valence-corrected chi connectivity index (χ3v) is 2.94. The zero-order valence-electron chi connectivity index (χ0n) is 12.2. The van der Waals surface area contributed by atoms with Crippen LogP contribution in [-0.2, 0) is 11.2 Å². The number of nitriles is 1. The Morgan fingerprint density at radius 2 is 2.23 bits per heavy atom. The third-order valence-electron chi connectivity index (χ3n) is 2.94. The number of tetrazole rings is 1. The second-order valence-corrected chi connectivity index (χ2v) is 4.67. The number of anilines is 1. The summed E-state index contributed by atoms with van der Waals surface area (Å²) in [5, 5.41) is 25.4. The highest BCUT2D eigenvalue weighted by atomic mass is 16.2. The number of para-hydroxylation sites is 1. The Morgan fingerprint density at radius 3 is 2.86 bits per heavy atom. The van der Waals surface area contributed by atoms with E-state index in [4.69, 9.17) is 5.26 Å². The van der Waals surface area contributed by atoms with E-state index in [0.717, 1.165) is 11.3 Å². The minimum Gasteiger partial charge on any atom is -0.360 e. The predicted octanol–water partition coefficient (Wildman–Crippen LogP) is 0.807. The van der Waals surface area contributed by atoms with Crippen molar-refractivity contribution < 1.29 is 4.79 Å². The molecule has 8 heteroatoms. The molecule has 0 aliphatic rings. The van der Waals surface area contributed by atoms with Crippen LogP contribution in [0.2, 0.25) is 0 Å². The number of likely N-dealkylation sites (N-methyl/N-ethyl adjacent to an activating group) is 1. The first-order chi connectivity index (χ1) is 10.6. The summed E-state index contributed by atoms with van der Waals surface area (Å²) in [6, 6.07) is 9.39.